The van der Waals surface area contributed by atoms with Crippen LogP contribution in [0.5, 0.6) is 0 Å². The molecule has 1 saturated heterocycles. The maximum Gasteiger partial charge on any atom is 0.329 e. The smallest absolute Gasteiger partial charge is 0.328 e. The van der Waals surface area contributed by atoms with Crippen molar-refractivity contribution in [3.63, 3.8) is 0 Å². The first-order valence-electron chi connectivity index (χ1n) is 10.2. The van der Waals surface area contributed by atoms with Crippen molar-refractivity contribution in [2.45, 2.75) is 51.9 Å². The number of anilines is 2. The van der Waals surface area contributed by atoms with Crippen LogP contribution in [0.3, 0.4) is 0 Å². The summed E-state index contributed by atoms with van der Waals surface area (Å²) in [4.78, 5) is 37.5. The van der Waals surface area contributed by atoms with Gasteiger partial charge in [-0.15, -0.1) is 0 Å². The Balaban J connectivity index is 1.51. The van der Waals surface area contributed by atoms with Crippen LogP contribution < -0.4 is 15.5 Å². The van der Waals surface area contributed by atoms with Crippen molar-refractivity contribution in [2.24, 2.45) is 17.8 Å². The van der Waals surface area contributed by atoms with E-state index in [0.29, 0.717) is 35.4 Å². The average Bonchev–Trinajstić information content (AvgIpc) is 2.87. The predicted molar refractivity (Wildman–Crippen MR) is 103 cm³/mol. The Morgan fingerprint density at radius 3 is 2.36 bits per heavy atom. The minimum absolute atomic E-state index is 0.0818. The van der Waals surface area contributed by atoms with Gasteiger partial charge in [0, 0.05) is 12.1 Å². The van der Waals surface area contributed by atoms with E-state index in [-0.39, 0.29) is 18.1 Å². The lowest BCUT2D eigenvalue weighted by atomic mass is 9.63. The lowest BCUT2D eigenvalue weighted by Crippen LogP contribution is -2.35. The maximum atomic E-state index is 14.4. The summed E-state index contributed by atoms with van der Waals surface area (Å²) in [6, 6.07) is 2.03. The molecule has 2 aliphatic carbocycles. The minimum Gasteiger partial charge on any atom is -0.328 e. The van der Waals surface area contributed by atoms with Gasteiger partial charge in [0.05, 0.1) is 12.2 Å². The standard InChI is InChI=1S/C21H26FN3O3/c1-12-17(9-8-16(22)20(12)25-19(27)11-23-21(25)28)24-18(26)10-15(13-4-2-5-13)14-6-3-7-14/h8-9,13-15H,2-7,10-11H2,1H3,(H,23,28)(H,24,26). The molecule has 6 nitrogen and oxygen atoms in total. The fourth-order valence-electron chi connectivity index (χ4n) is 4.60. The Hall–Kier alpha value is -2.44. The molecule has 2 N–H and O–H groups in total. The lowest BCUT2D eigenvalue weighted by molar-refractivity contribution is -0.119. The molecule has 0 atom stereocenters. The number of hydrogen-bond acceptors (Lipinski definition) is 3. The molecular formula is C21H26FN3O3. The second-order valence-corrected chi connectivity index (χ2v) is 8.25. The second-order valence-electron chi connectivity index (χ2n) is 8.25. The highest BCUT2D eigenvalue weighted by molar-refractivity contribution is 6.20. The molecule has 3 aliphatic rings. The van der Waals surface area contributed by atoms with E-state index in [9.17, 15) is 18.8 Å². The third-order valence-electron chi connectivity index (χ3n) is 6.65. The molecule has 1 aliphatic heterocycles. The number of carbonyl (C=O) groups is 3. The van der Waals surface area contributed by atoms with Crippen molar-refractivity contribution in [3.05, 3.63) is 23.5 Å². The average molecular weight is 387 g/mol. The molecule has 0 aromatic heterocycles. The van der Waals surface area contributed by atoms with Gasteiger partial charge in [-0.25, -0.2) is 14.1 Å². The van der Waals surface area contributed by atoms with Crippen molar-refractivity contribution in [2.75, 3.05) is 16.8 Å². The zero-order valence-electron chi connectivity index (χ0n) is 16.1. The van der Waals surface area contributed by atoms with Crippen molar-refractivity contribution in [1.82, 2.24) is 5.32 Å². The third-order valence-corrected chi connectivity index (χ3v) is 6.65. The number of amides is 4. The highest BCUT2D eigenvalue weighted by Crippen LogP contribution is 2.46. The summed E-state index contributed by atoms with van der Waals surface area (Å²) in [5, 5.41) is 5.28. The zero-order chi connectivity index (χ0) is 19.8. The van der Waals surface area contributed by atoms with Crippen molar-refractivity contribution in [3.8, 4) is 0 Å². The molecule has 150 valence electrons. The summed E-state index contributed by atoms with van der Waals surface area (Å²) in [6.45, 7) is 1.46. The van der Waals surface area contributed by atoms with Crippen molar-refractivity contribution < 1.29 is 18.8 Å². The number of urea groups is 1. The summed E-state index contributed by atoms with van der Waals surface area (Å²) in [5.41, 5.74) is 0.727. The highest BCUT2D eigenvalue weighted by Gasteiger charge is 2.37. The number of nitrogens with zero attached hydrogens (tertiary/aromatic N) is 1. The molecule has 1 aromatic rings. The summed E-state index contributed by atoms with van der Waals surface area (Å²) < 4.78 is 14.4. The Kier molecular flexibility index (Phi) is 5.08. The maximum absolute atomic E-state index is 14.4. The van der Waals surface area contributed by atoms with Gasteiger partial charge in [0.25, 0.3) is 5.91 Å². The van der Waals surface area contributed by atoms with Crippen LogP contribution >= 0.6 is 0 Å². The summed E-state index contributed by atoms with van der Waals surface area (Å²) >= 11 is 0. The van der Waals surface area contributed by atoms with Gasteiger partial charge >= 0.3 is 6.03 Å². The first-order valence-corrected chi connectivity index (χ1v) is 10.2. The second kappa shape index (κ2) is 7.53. The first kappa shape index (κ1) is 18.9. The fraction of sp³-hybridized carbons (Fsp3) is 0.571. The molecule has 0 bridgehead atoms. The van der Waals surface area contributed by atoms with Gasteiger partial charge in [-0.05, 0) is 42.4 Å². The van der Waals surface area contributed by atoms with Crippen LogP contribution in [0.1, 0.15) is 50.5 Å². The van der Waals surface area contributed by atoms with Gasteiger partial charge in [-0.3, -0.25) is 9.59 Å². The topological polar surface area (TPSA) is 78.5 Å². The first-order chi connectivity index (χ1) is 13.5. The Bertz CT molecular complexity index is 787. The quantitative estimate of drug-likeness (QED) is 0.730. The van der Waals surface area contributed by atoms with E-state index in [1.165, 1.54) is 50.7 Å². The van der Waals surface area contributed by atoms with Crippen LogP contribution in [0.4, 0.5) is 20.6 Å². The summed E-state index contributed by atoms with van der Waals surface area (Å²) in [5.74, 6) is 0.460. The van der Waals surface area contributed by atoms with Crippen LogP contribution in [0.15, 0.2) is 12.1 Å². The van der Waals surface area contributed by atoms with Gasteiger partial charge in [0.15, 0.2) is 0 Å². The molecule has 0 spiro atoms. The summed E-state index contributed by atoms with van der Waals surface area (Å²) in [6.07, 6.45) is 7.82. The molecule has 4 rings (SSSR count). The summed E-state index contributed by atoms with van der Waals surface area (Å²) in [7, 11) is 0. The van der Waals surface area contributed by atoms with Crippen LogP contribution in [-0.2, 0) is 9.59 Å². The molecule has 1 aromatic carbocycles. The molecule has 0 unspecified atom stereocenters. The largest absolute Gasteiger partial charge is 0.329 e. The Labute approximate surface area is 163 Å². The fourth-order valence-corrected chi connectivity index (χ4v) is 4.60. The van der Waals surface area contributed by atoms with Crippen LogP contribution in [0, 0.1) is 30.5 Å². The molecule has 4 amide bonds. The van der Waals surface area contributed by atoms with E-state index in [1.54, 1.807) is 6.92 Å². The van der Waals surface area contributed by atoms with Crippen molar-refractivity contribution >= 4 is 29.2 Å². The van der Waals surface area contributed by atoms with E-state index >= 15 is 0 Å². The SMILES string of the molecule is Cc1c(NC(=O)CC(C2CCC2)C2CCC2)ccc(F)c1N1C(=O)CNC1=O. The molecule has 1 heterocycles. The highest BCUT2D eigenvalue weighted by atomic mass is 19.1. The van der Waals surface area contributed by atoms with Gasteiger partial charge < -0.3 is 10.6 Å². The molecule has 28 heavy (non-hydrogen) atoms. The number of nitrogens with one attached hydrogen (secondary N) is 2. The van der Waals surface area contributed by atoms with Gasteiger partial charge in [0.1, 0.15) is 5.82 Å². The zero-order valence-corrected chi connectivity index (χ0v) is 16.1. The van der Waals surface area contributed by atoms with E-state index in [0.717, 1.165) is 4.90 Å². The van der Waals surface area contributed by atoms with Gasteiger partial charge in [-0.2, -0.15) is 0 Å². The van der Waals surface area contributed by atoms with Crippen LogP contribution in [0.25, 0.3) is 0 Å². The number of benzene rings is 1. The van der Waals surface area contributed by atoms with Crippen LogP contribution in [0.2, 0.25) is 0 Å². The van der Waals surface area contributed by atoms with E-state index in [1.807, 2.05) is 0 Å². The number of halogens is 1. The Morgan fingerprint density at radius 1 is 1.21 bits per heavy atom. The molecule has 0 radical (unpaired) electrons. The lowest BCUT2D eigenvalue weighted by Gasteiger charge is -2.42. The van der Waals surface area contributed by atoms with E-state index < -0.39 is 17.8 Å². The van der Waals surface area contributed by atoms with Crippen LogP contribution in [-0.4, -0.2) is 24.4 Å². The van der Waals surface area contributed by atoms with Gasteiger partial charge in [-0.1, -0.05) is 38.5 Å². The number of carbonyl (C=O) groups excluding carboxylic acids is 3. The minimum atomic E-state index is -0.664. The number of rotatable bonds is 6. The molecule has 2 saturated carbocycles. The monoisotopic (exact) mass is 387 g/mol. The number of hydrogen-bond donors (Lipinski definition) is 2. The predicted octanol–water partition coefficient (Wildman–Crippen LogP) is 3.74. The normalized spacial score (nSPS) is 20.2. The molecule has 3 fully saturated rings. The molecule has 7 heteroatoms. The van der Waals surface area contributed by atoms with E-state index in [2.05, 4.69) is 10.6 Å². The van der Waals surface area contributed by atoms with Crippen molar-refractivity contribution in [1.29, 1.82) is 0 Å². The van der Waals surface area contributed by atoms with E-state index in [4.69, 9.17) is 0 Å². The Morgan fingerprint density at radius 2 is 1.86 bits per heavy atom. The molecular weight excluding hydrogens is 361 g/mol. The number of imide groups is 1. The van der Waals surface area contributed by atoms with Gasteiger partial charge in [0.2, 0.25) is 5.91 Å². The third kappa shape index (κ3) is 3.38.